The quantitative estimate of drug-likeness (QED) is 0.683. The maximum atomic E-state index is 13.1. The van der Waals surface area contributed by atoms with Crippen molar-refractivity contribution < 1.29 is 24.2 Å². The van der Waals surface area contributed by atoms with Gasteiger partial charge in [-0.3, -0.25) is 4.79 Å². The molecule has 3 heterocycles. The third-order valence-corrected chi connectivity index (χ3v) is 6.85. The predicted octanol–water partition coefficient (Wildman–Crippen LogP) is 1.65. The smallest absolute Gasteiger partial charge is 0.322 e. The first-order valence-electron chi connectivity index (χ1n) is 11.6. The summed E-state index contributed by atoms with van der Waals surface area (Å²) in [6.07, 6.45) is 0.349. The fourth-order valence-corrected chi connectivity index (χ4v) is 4.81. The number of amides is 3. The number of likely N-dealkylation sites (N-methyl/N-ethyl adjacent to an activating group) is 1. The van der Waals surface area contributed by atoms with Gasteiger partial charge in [0.05, 0.1) is 44.4 Å². The molecular formula is C23H33ClN4O5. The number of aliphatic hydroxyl groups is 1. The maximum Gasteiger partial charge on any atom is 0.322 e. The Hall–Kier alpha value is -1.91. The number of carbonyl (C=O) groups excluding carboxylic acids is 2. The van der Waals surface area contributed by atoms with E-state index in [2.05, 4.69) is 17.3 Å². The number of halogens is 1. The van der Waals surface area contributed by atoms with Crippen LogP contribution >= 0.6 is 11.6 Å². The van der Waals surface area contributed by atoms with Crippen LogP contribution in [0.1, 0.15) is 19.3 Å². The van der Waals surface area contributed by atoms with Crippen LogP contribution in [0.2, 0.25) is 5.02 Å². The van der Waals surface area contributed by atoms with Crippen molar-refractivity contribution in [2.45, 2.75) is 43.6 Å². The average molecular weight is 481 g/mol. The molecule has 10 heteroatoms. The fraction of sp³-hybridized carbons (Fsp3) is 0.652. The number of hydrogen-bond acceptors (Lipinski definition) is 6. The van der Waals surface area contributed by atoms with Crippen molar-refractivity contribution in [2.24, 2.45) is 0 Å². The third kappa shape index (κ3) is 6.36. The van der Waals surface area contributed by atoms with Crippen LogP contribution in [0.25, 0.3) is 0 Å². The fourth-order valence-electron chi connectivity index (χ4n) is 4.68. The summed E-state index contributed by atoms with van der Waals surface area (Å²) in [6, 6.07) is 6.34. The summed E-state index contributed by atoms with van der Waals surface area (Å²) < 4.78 is 11.9. The highest BCUT2D eigenvalue weighted by atomic mass is 35.5. The number of nitrogens with zero attached hydrogens (tertiary/aromatic N) is 3. The highest BCUT2D eigenvalue weighted by Gasteiger charge is 2.40. The molecule has 0 bridgehead atoms. The topological polar surface area (TPSA) is 94.6 Å². The van der Waals surface area contributed by atoms with Gasteiger partial charge in [0.25, 0.3) is 0 Å². The lowest BCUT2D eigenvalue weighted by molar-refractivity contribution is -0.155. The van der Waals surface area contributed by atoms with Crippen molar-refractivity contribution in [3.05, 3.63) is 29.3 Å². The Kier molecular flexibility index (Phi) is 8.08. The van der Waals surface area contributed by atoms with Crippen LogP contribution in [0, 0.1) is 0 Å². The van der Waals surface area contributed by atoms with Crippen LogP contribution < -0.4 is 5.32 Å². The number of rotatable bonds is 3. The molecule has 0 saturated carbocycles. The summed E-state index contributed by atoms with van der Waals surface area (Å²) in [5.74, 6) is 0.117. The third-order valence-electron chi connectivity index (χ3n) is 6.60. The number of urea groups is 1. The van der Waals surface area contributed by atoms with Gasteiger partial charge in [0.2, 0.25) is 5.91 Å². The molecule has 3 aliphatic rings. The minimum atomic E-state index is -0.779. The van der Waals surface area contributed by atoms with E-state index in [0.29, 0.717) is 30.0 Å². The van der Waals surface area contributed by atoms with Gasteiger partial charge in [-0.05, 0) is 44.2 Å². The molecule has 1 aromatic rings. The first-order valence-corrected chi connectivity index (χ1v) is 12.0. The van der Waals surface area contributed by atoms with Crippen LogP contribution in [-0.4, -0.2) is 109 Å². The molecule has 2 N–H and O–H groups in total. The van der Waals surface area contributed by atoms with Gasteiger partial charge in [0.15, 0.2) is 0 Å². The molecule has 4 atom stereocenters. The largest absolute Gasteiger partial charge is 0.389 e. The Morgan fingerprint density at radius 1 is 1.12 bits per heavy atom. The number of fused-ring (bicyclic) bond motifs is 1. The van der Waals surface area contributed by atoms with E-state index in [4.69, 9.17) is 21.1 Å². The van der Waals surface area contributed by atoms with Crippen molar-refractivity contribution in [1.82, 2.24) is 14.7 Å². The van der Waals surface area contributed by atoms with Crippen molar-refractivity contribution in [2.75, 3.05) is 58.3 Å². The molecule has 0 unspecified atom stereocenters. The predicted molar refractivity (Wildman–Crippen MR) is 124 cm³/mol. The van der Waals surface area contributed by atoms with Gasteiger partial charge in [-0.15, -0.1) is 0 Å². The van der Waals surface area contributed by atoms with Gasteiger partial charge in [-0.1, -0.05) is 11.6 Å². The average Bonchev–Trinajstić information content (AvgIpc) is 2.78. The van der Waals surface area contributed by atoms with E-state index in [0.717, 1.165) is 26.2 Å². The second kappa shape index (κ2) is 11.0. The van der Waals surface area contributed by atoms with Crippen LogP contribution in [0.5, 0.6) is 0 Å². The summed E-state index contributed by atoms with van der Waals surface area (Å²) >= 11 is 5.94. The summed E-state index contributed by atoms with van der Waals surface area (Å²) in [7, 11) is 2.06. The number of carbonyl (C=O) groups is 2. The van der Waals surface area contributed by atoms with E-state index in [1.807, 2.05) is 4.90 Å². The molecule has 3 fully saturated rings. The number of ether oxygens (including phenoxy) is 2. The summed E-state index contributed by atoms with van der Waals surface area (Å²) in [5, 5.41) is 13.8. The van der Waals surface area contributed by atoms with Crippen LogP contribution in [0.3, 0.4) is 0 Å². The zero-order chi connectivity index (χ0) is 23.4. The maximum absolute atomic E-state index is 13.1. The molecule has 0 spiro atoms. The molecule has 4 rings (SSSR count). The SMILES string of the molecule is CN1CCN(C(=O)C[C@H]2CC[C@@H]3[C@H](COC[C@@H](O)CN3C(=O)Nc3ccc(Cl)cc3)O2)CC1. The van der Waals surface area contributed by atoms with Crippen molar-refractivity contribution in [3.63, 3.8) is 0 Å². The molecule has 0 aliphatic carbocycles. The number of hydrogen-bond donors (Lipinski definition) is 2. The second-order valence-electron chi connectivity index (χ2n) is 9.11. The lowest BCUT2D eigenvalue weighted by Gasteiger charge is -2.44. The Morgan fingerprint density at radius 3 is 2.58 bits per heavy atom. The molecule has 1 aromatic carbocycles. The molecule has 0 aromatic heterocycles. The molecule has 3 aliphatic heterocycles. The van der Waals surface area contributed by atoms with Gasteiger partial charge < -0.3 is 34.6 Å². The standard InChI is InChI=1S/C23H33ClN4O5/c1-26-8-10-27(11-9-26)22(30)12-19-6-7-20-21(33-19)15-32-14-18(29)13-28(20)23(31)25-17-4-2-16(24)3-5-17/h2-5,18-21,29H,6-15H2,1H3,(H,25,31)/t18-,19+,20+,21-/m0/s1. The summed E-state index contributed by atoms with van der Waals surface area (Å²) in [6.45, 7) is 3.80. The Morgan fingerprint density at radius 2 is 1.85 bits per heavy atom. The van der Waals surface area contributed by atoms with Crippen molar-refractivity contribution >= 4 is 29.2 Å². The van der Waals surface area contributed by atoms with Gasteiger partial charge >= 0.3 is 6.03 Å². The Balaban J connectivity index is 1.39. The van der Waals surface area contributed by atoms with E-state index in [-0.39, 0.29) is 49.9 Å². The summed E-state index contributed by atoms with van der Waals surface area (Å²) in [5.41, 5.74) is 0.626. The van der Waals surface area contributed by atoms with Gasteiger partial charge in [-0.25, -0.2) is 4.79 Å². The highest BCUT2D eigenvalue weighted by Crippen LogP contribution is 2.29. The van der Waals surface area contributed by atoms with Crippen molar-refractivity contribution in [3.8, 4) is 0 Å². The van der Waals surface area contributed by atoms with E-state index in [1.165, 1.54) is 0 Å². The van der Waals surface area contributed by atoms with Gasteiger partial charge in [0.1, 0.15) is 6.10 Å². The number of aliphatic hydroxyl groups excluding tert-OH is 1. The molecule has 3 saturated heterocycles. The zero-order valence-electron chi connectivity index (χ0n) is 19.0. The van der Waals surface area contributed by atoms with Gasteiger partial charge in [-0.2, -0.15) is 0 Å². The van der Waals surface area contributed by atoms with Crippen LogP contribution in [0.15, 0.2) is 24.3 Å². The first-order chi connectivity index (χ1) is 15.9. The molecule has 33 heavy (non-hydrogen) atoms. The van der Waals surface area contributed by atoms with Crippen molar-refractivity contribution in [1.29, 1.82) is 0 Å². The molecule has 9 nitrogen and oxygen atoms in total. The number of nitrogens with one attached hydrogen (secondary N) is 1. The lowest BCUT2D eigenvalue weighted by Crippen LogP contribution is -2.58. The normalized spacial score (nSPS) is 29.1. The monoisotopic (exact) mass is 480 g/mol. The minimum absolute atomic E-state index is 0.117. The number of β-amino-alcohol motifs (C(OH)–C–C–N with tert-alkyl or cyclic N) is 1. The molecule has 182 valence electrons. The van der Waals surface area contributed by atoms with E-state index < -0.39 is 6.10 Å². The number of benzene rings is 1. The Bertz CT molecular complexity index is 818. The summed E-state index contributed by atoms with van der Waals surface area (Å²) in [4.78, 5) is 31.7. The zero-order valence-corrected chi connectivity index (χ0v) is 19.7. The lowest BCUT2D eigenvalue weighted by atomic mass is 9.94. The second-order valence-corrected chi connectivity index (χ2v) is 9.55. The van der Waals surface area contributed by atoms with Crippen LogP contribution in [0.4, 0.5) is 10.5 Å². The van der Waals surface area contributed by atoms with E-state index in [1.54, 1.807) is 29.2 Å². The minimum Gasteiger partial charge on any atom is -0.389 e. The first kappa shape index (κ1) is 24.2. The molecule has 3 amide bonds. The van der Waals surface area contributed by atoms with E-state index in [9.17, 15) is 14.7 Å². The van der Waals surface area contributed by atoms with Gasteiger partial charge in [0, 0.05) is 36.9 Å². The molecule has 0 radical (unpaired) electrons. The number of anilines is 1. The highest BCUT2D eigenvalue weighted by molar-refractivity contribution is 6.30. The molecular weight excluding hydrogens is 448 g/mol. The number of piperazine rings is 1. The Labute approximate surface area is 199 Å². The van der Waals surface area contributed by atoms with E-state index >= 15 is 0 Å². The van der Waals surface area contributed by atoms with Crippen LogP contribution in [-0.2, 0) is 14.3 Å².